The van der Waals surface area contributed by atoms with Gasteiger partial charge in [-0.25, -0.2) is 0 Å². The number of ether oxygens (including phenoxy) is 1. The van der Waals surface area contributed by atoms with Crippen LogP contribution in [0.1, 0.15) is 40.0 Å². The van der Waals surface area contributed by atoms with Gasteiger partial charge in [0.1, 0.15) is 11.9 Å². The fourth-order valence-electron chi connectivity index (χ4n) is 2.84. The lowest BCUT2D eigenvalue weighted by Crippen LogP contribution is -2.48. The molecule has 6 heteroatoms. The lowest BCUT2D eigenvalue weighted by molar-refractivity contribution is 0.128. The number of piperidine rings is 1. The Morgan fingerprint density at radius 3 is 2.46 bits per heavy atom. The van der Waals surface area contributed by atoms with E-state index in [1.165, 1.54) is 0 Å². The Labute approximate surface area is 175 Å². The Hall–Kier alpha value is -1.02. The van der Waals surface area contributed by atoms with Crippen molar-refractivity contribution < 1.29 is 9.84 Å². The number of aliphatic hydroxyl groups is 1. The third kappa shape index (κ3) is 6.95. The van der Waals surface area contributed by atoms with E-state index in [1.54, 1.807) is 0 Å². The molecule has 2 N–H and O–H groups in total. The third-order valence-corrected chi connectivity index (χ3v) is 4.97. The van der Waals surface area contributed by atoms with Gasteiger partial charge < -0.3 is 20.1 Å². The van der Waals surface area contributed by atoms with Crippen LogP contribution in [0.2, 0.25) is 0 Å². The molecule has 1 aliphatic rings. The number of rotatable bonds is 7. The van der Waals surface area contributed by atoms with E-state index in [1.807, 2.05) is 30.3 Å². The number of para-hydroxylation sites is 1. The molecule has 26 heavy (non-hydrogen) atoms. The van der Waals surface area contributed by atoms with Crippen LogP contribution in [0.15, 0.2) is 35.3 Å². The maximum atomic E-state index is 9.59. The molecule has 1 fully saturated rings. The summed E-state index contributed by atoms with van der Waals surface area (Å²) in [4.78, 5) is 7.10. The smallest absolute Gasteiger partial charge is 0.193 e. The summed E-state index contributed by atoms with van der Waals surface area (Å²) in [6, 6.07) is 10.0. The number of aliphatic imine (C=N–C) groups is 1. The van der Waals surface area contributed by atoms with Gasteiger partial charge in [0.2, 0.25) is 0 Å². The van der Waals surface area contributed by atoms with Gasteiger partial charge in [0.05, 0.1) is 13.2 Å². The Morgan fingerprint density at radius 1 is 1.27 bits per heavy atom. The maximum Gasteiger partial charge on any atom is 0.193 e. The first-order valence-corrected chi connectivity index (χ1v) is 9.46. The molecule has 0 radical (unpaired) electrons. The van der Waals surface area contributed by atoms with Gasteiger partial charge in [-0.2, -0.15) is 0 Å². The molecule has 1 aliphatic heterocycles. The van der Waals surface area contributed by atoms with Crippen molar-refractivity contribution in [3.8, 4) is 5.75 Å². The SMILES string of the molecule is CCNC(=NCC(C)(CC)CO)N1CCC(Oc2ccccc2)CC1.I. The summed E-state index contributed by atoms with van der Waals surface area (Å²) in [5, 5.41) is 13.0. The first kappa shape index (κ1) is 23.0. The number of likely N-dealkylation sites (tertiary alicyclic amines) is 1. The molecule has 0 aliphatic carbocycles. The number of guanidine groups is 1. The number of hydrogen-bond acceptors (Lipinski definition) is 3. The monoisotopic (exact) mass is 475 g/mol. The van der Waals surface area contributed by atoms with Crippen LogP contribution in [0, 0.1) is 5.41 Å². The number of hydrogen-bond donors (Lipinski definition) is 2. The van der Waals surface area contributed by atoms with E-state index in [0.29, 0.717) is 6.54 Å². The van der Waals surface area contributed by atoms with Crippen molar-refractivity contribution in [2.75, 3.05) is 32.8 Å². The van der Waals surface area contributed by atoms with Crippen LogP contribution in [-0.2, 0) is 0 Å². The van der Waals surface area contributed by atoms with E-state index in [-0.39, 0.29) is 42.1 Å². The topological polar surface area (TPSA) is 57.1 Å². The predicted octanol–water partition coefficient (Wildman–Crippen LogP) is 3.52. The molecule has 1 heterocycles. The van der Waals surface area contributed by atoms with Crippen molar-refractivity contribution in [3.63, 3.8) is 0 Å². The van der Waals surface area contributed by atoms with Crippen molar-refractivity contribution in [3.05, 3.63) is 30.3 Å². The van der Waals surface area contributed by atoms with Crippen LogP contribution in [-0.4, -0.2) is 54.9 Å². The molecule has 1 aromatic carbocycles. The van der Waals surface area contributed by atoms with Crippen molar-refractivity contribution in [1.82, 2.24) is 10.2 Å². The van der Waals surface area contributed by atoms with E-state index in [9.17, 15) is 5.11 Å². The average Bonchev–Trinajstić information content (AvgIpc) is 2.66. The van der Waals surface area contributed by atoms with Crippen LogP contribution in [0.4, 0.5) is 0 Å². The second kappa shape index (κ2) is 11.6. The van der Waals surface area contributed by atoms with Gasteiger partial charge in [-0.05, 0) is 25.5 Å². The van der Waals surface area contributed by atoms with Crippen molar-refractivity contribution in [1.29, 1.82) is 0 Å². The first-order chi connectivity index (χ1) is 12.1. The summed E-state index contributed by atoms with van der Waals surface area (Å²) < 4.78 is 6.07. The van der Waals surface area contributed by atoms with Gasteiger partial charge >= 0.3 is 0 Å². The zero-order valence-electron chi connectivity index (χ0n) is 16.3. The Morgan fingerprint density at radius 2 is 1.92 bits per heavy atom. The fourth-order valence-corrected chi connectivity index (χ4v) is 2.84. The second-order valence-electron chi connectivity index (χ2n) is 7.11. The third-order valence-electron chi connectivity index (χ3n) is 4.97. The number of nitrogens with zero attached hydrogens (tertiary/aromatic N) is 2. The molecular formula is C20H34IN3O2. The van der Waals surface area contributed by atoms with Crippen LogP contribution in [0.5, 0.6) is 5.75 Å². The van der Waals surface area contributed by atoms with Gasteiger partial charge in [0.25, 0.3) is 0 Å². The van der Waals surface area contributed by atoms with E-state index >= 15 is 0 Å². The van der Waals surface area contributed by atoms with Crippen LogP contribution >= 0.6 is 24.0 Å². The van der Waals surface area contributed by atoms with E-state index in [4.69, 9.17) is 9.73 Å². The standard InChI is InChI=1S/C20H33N3O2.HI/c1-4-20(3,16-24)15-22-19(21-5-2)23-13-11-18(12-14-23)25-17-9-7-6-8-10-17;/h6-10,18,24H,4-5,11-16H2,1-3H3,(H,21,22);1H. The molecule has 0 amide bonds. The van der Waals surface area contributed by atoms with Crippen LogP contribution in [0.3, 0.4) is 0 Å². The number of aliphatic hydroxyl groups excluding tert-OH is 1. The normalized spacial score (nSPS) is 18.0. The minimum Gasteiger partial charge on any atom is -0.490 e. The molecule has 148 valence electrons. The number of halogens is 1. The van der Waals surface area contributed by atoms with Gasteiger partial charge in [0.15, 0.2) is 5.96 Å². The van der Waals surface area contributed by atoms with Crippen LogP contribution < -0.4 is 10.1 Å². The fraction of sp³-hybridized carbons (Fsp3) is 0.650. The molecule has 5 nitrogen and oxygen atoms in total. The molecule has 1 saturated heterocycles. The molecule has 0 aromatic heterocycles. The first-order valence-electron chi connectivity index (χ1n) is 9.46. The van der Waals surface area contributed by atoms with Crippen molar-refractivity contribution in [2.24, 2.45) is 10.4 Å². The lowest BCUT2D eigenvalue weighted by Gasteiger charge is -2.35. The van der Waals surface area contributed by atoms with E-state index in [0.717, 1.165) is 50.6 Å². The molecule has 1 atom stereocenters. The minimum atomic E-state index is -0.143. The lowest BCUT2D eigenvalue weighted by atomic mass is 9.89. The molecule has 2 rings (SSSR count). The minimum absolute atomic E-state index is 0. The summed E-state index contributed by atoms with van der Waals surface area (Å²) in [5.74, 6) is 1.90. The average molecular weight is 475 g/mol. The summed E-state index contributed by atoms with van der Waals surface area (Å²) in [6.07, 6.45) is 3.16. The maximum absolute atomic E-state index is 9.59. The molecule has 0 spiro atoms. The molecular weight excluding hydrogens is 441 g/mol. The van der Waals surface area contributed by atoms with Crippen molar-refractivity contribution >= 4 is 29.9 Å². The molecule has 0 saturated carbocycles. The molecule has 0 bridgehead atoms. The highest BCUT2D eigenvalue weighted by Gasteiger charge is 2.25. The highest BCUT2D eigenvalue weighted by Crippen LogP contribution is 2.21. The van der Waals surface area contributed by atoms with Gasteiger partial charge in [-0.15, -0.1) is 24.0 Å². The quantitative estimate of drug-likeness (QED) is 0.360. The zero-order chi connectivity index (χ0) is 18.1. The largest absolute Gasteiger partial charge is 0.490 e. The summed E-state index contributed by atoms with van der Waals surface area (Å²) >= 11 is 0. The number of benzene rings is 1. The summed E-state index contributed by atoms with van der Waals surface area (Å²) in [7, 11) is 0. The van der Waals surface area contributed by atoms with Crippen LogP contribution in [0.25, 0.3) is 0 Å². The van der Waals surface area contributed by atoms with Gasteiger partial charge in [0, 0.05) is 37.9 Å². The predicted molar refractivity (Wildman–Crippen MR) is 119 cm³/mol. The van der Waals surface area contributed by atoms with E-state index < -0.39 is 0 Å². The van der Waals surface area contributed by atoms with Crippen molar-refractivity contribution in [2.45, 2.75) is 46.1 Å². The second-order valence-corrected chi connectivity index (χ2v) is 7.11. The summed E-state index contributed by atoms with van der Waals surface area (Å²) in [5.41, 5.74) is -0.143. The van der Waals surface area contributed by atoms with Gasteiger partial charge in [-0.1, -0.05) is 32.0 Å². The Bertz CT molecular complexity index is 527. The van der Waals surface area contributed by atoms with Gasteiger partial charge in [-0.3, -0.25) is 4.99 Å². The Balaban J connectivity index is 0.00000338. The molecule has 1 aromatic rings. The highest BCUT2D eigenvalue weighted by molar-refractivity contribution is 14.0. The highest BCUT2D eigenvalue weighted by atomic mass is 127. The summed E-state index contributed by atoms with van der Waals surface area (Å²) in [6.45, 7) is 9.80. The van der Waals surface area contributed by atoms with E-state index in [2.05, 4.69) is 31.0 Å². The number of nitrogens with one attached hydrogen (secondary N) is 1. The Kier molecular flexibility index (Phi) is 10.3. The molecule has 1 unspecified atom stereocenters. The zero-order valence-corrected chi connectivity index (χ0v) is 18.6.